The van der Waals surface area contributed by atoms with Gasteiger partial charge >= 0.3 is 0 Å². The first kappa shape index (κ1) is 12.3. The normalized spacial score (nSPS) is 31.9. The van der Waals surface area contributed by atoms with Crippen LogP contribution in [0.15, 0.2) is 0 Å². The molecule has 3 heteroatoms. The van der Waals surface area contributed by atoms with Crippen LogP contribution in [-0.4, -0.2) is 49.3 Å². The van der Waals surface area contributed by atoms with Crippen LogP contribution in [0.2, 0.25) is 0 Å². The van der Waals surface area contributed by atoms with Gasteiger partial charge in [-0.2, -0.15) is 0 Å². The number of rotatable bonds is 6. The molecule has 0 amide bonds. The molecule has 2 fully saturated rings. The Balaban J connectivity index is 1.63. The van der Waals surface area contributed by atoms with Crippen LogP contribution >= 0.6 is 0 Å². The van der Waals surface area contributed by atoms with Crippen LogP contribution in [0.3, 0.4) is 0 Å². The topological polar surface area (TPSA) is 24.5 Å². The van der Waals surface area contributed by atoms with Gasteiger partial charge in [0.25, 0.3) is 0 Å². The first-order chi connectivity index (χ1) is 7.79. The van der Waals surface area contributed by atoms with Crippen LogP contribution in [0.5, 0.6) is 0 Å². The highest BCUT2D eigenvalue weighted by Gasteiger charge is 2.25. The highest BCUT2D eigenvalue weighted by Crippen LogP contribution is 2.18. The SMILES string of the molecule is CCC1COC(C)CN1CCCNC1CC1. The van der Waals surface area contributed by atoms with Crippen molar-refractivity contribution in [3.8, 4) is 0 Å². The zero-order valence-corrected chi connectivity index (χ0v) is 10.7. The maximum atomic E-state index is 5.71. The maximum absolute atomic E-state index is 5.71. The molecule has 0 aromatic rings. The van der Waals surface area contributed by atoms with Crippen LogP contribution in [0, 0.1) is 0 Å². The van der Waals surface area contributed by atoms with Gasteiger partial charge in [0.1, 0.15) is 0 Å². The Morgan fingerprint density at radius 3 is 2.88 bits per heavy atom. The molecule has 2 atom stereocenters. The molecule has 1 N–H and O–H groups in total. The molecule has 2 rings (SSSR count). The van der Waals surface area contributed by atoms with Crippen LogP contribution in [0.4, 0.5) is 0 Å². The Hall–Kier alpha value is -0.120. The van der Waals surface area contributed by atoms with Crippen molar-refractivity contribution in [3.63, 3.8) is 0 Å². The summed E-state index contributed by atoms with van der Waals surface area (Å²) in [4.78, 5) is 2.61. The second kappa shape index (κ2) is 5.99. The Morgan fingerprint density at radius 1 is 1.38 bits per heavy atom. The predicted molar refractivity (Wildman–Crippen MR) is 66.7 cm³/mol. The monoisotopic (exact) mass is 226 g/mol. The molecule has 16 heavy (non-hydrogen) atoms. The Labute approximate surface area is 99.5 Å². The second-order valence-corrected chi connectivity index (χ2v) is 5.28. The average molecular weight is 226 g/mol. The van der Waals surface area contributed by atoms with E-state index in [-0.39, 0.29) is 0 Å². The van der Waals surface area contributed by atoms with Crippen molar-refractivity contribution >= 4 is 0 Å². The van der Waals surface area contributed by atoms with Crippen molar-refractivity contribution in [1.82, 2.24) is 10.2 Å². The summed E-state index contributed by atoms with van der Waals surface area (Å²) in [6.45, 7) is 8.90. The molecule has 1 saturated carbocycles. The van der Waals surface area contributed by atoms with E-state index in [0.717, 1.165) is 19.2 Å². The molecular formula is C13H26N2O. The van der Waals surface area contributed by atoms with Crippen molar-refractivity contribution in [2.75, 3.05) is 26.2 Å². The van der Waals surface area contributed by atoms with Gasteiger partial charge in [-0.15, -0.1) is 0 Å². The van der Waals surface area contributed by atoms with Gasteiger partial charge in [0.05, 0.1) is 12.7 Å². The van der Waals surface area contributed by atoms with Gasteiger partial charge < -0.3 is 10.1 Å². The van der Waals surface area contributed by atoms with E-state index in [1.54, 1.807) is 0 Å². The van der Waals surface area contributed by atoms with Crippen molar-refractivity contribution in [2.24, 2.45) is 0 Å². The number of morpholine rings is 1. The molecule has 0 spiro atoms. The minimum Gasteiger partial charge on any atom is -0.376 e. The molecule has 0 radical (unpaired) electrons. The molecule has 0 aromatic heterocycles. The number of nitrogens with zero attached hydrogens (tertiary/aromatic N) is 1. The minimum absolute atomic E-state index is 0.416. The molecule has 1 aliphatic heterocycles. The van der Waals surface area contributed by atoms with E-state index in [2.05, 4.69) is 24.1 Å². The lowest BCUT2D eigenvalue weighted by atomic mass is 10.1. The van der Waals surface area contributed by atoms with Gasteiger partial charge in [-0.3, -0.25) is 4.90 Å². The van der Waals surface area contributed by atoms with E-state index in [9.17, 15) is 0 Å². The largest absolute Gasteiger partial charge is 0.376 e. The molecule has 1 aliphatic carbocycles. The summed E-state index contributed by atoms with van der Waals surface area (Å²) in [7, 11) is 0. The Kier molecular flexibility index (Phi) is 4.62. The number of hydrogen-bond donors (Lipinski definition) is 1. The standard InChI is InChI=1S/C13H26N2O/c1-3-13-10-16-11(2)9-15(13)8-4-7-14-12-5-6-12/h11-14H,3-10H2,1-2H3. The minimum atomic E-state index is 0.416. The van der Waals surface area contributed by atoms with E-state index < -0.39 is 0 Å². The molecule has 0 bridgehead atoms. The van der Waals surface area contributed by atoms with Crippen molar-refractivity contribution in [2.45, 2.75) is 57.7 Å². The van der Waals surface area contributed by atoms with E-state index in [0.29, 0.717) is 12.1 Å². The third-order valence-electron chi connectivity index (χ3n) is 3.68. The van der Waals surface area contributed by atoms with E-state index in [1.807, 2.05) is 0 Å². The van der Waals surface area contributed by atoms with Crippen molar-refractivity contribution < 1.29 is 4.74 Å². The fourth-order valence-electron chi connectivity index (χ4n) is 2.44. The molecule has 94 valence electrons. The van der Waals surface area contributed by atoms with Gasteiger partial charge in [0.2, 0.25) is 0 Å². The summed E-state index contributed by atoms with van der Waals surface area (Å²) >= 11 is 0. The first-order valence-corrected chi connectivity index (χ1v) is 6.88. The van der Waals surface area contributed by atoms with Gasteiger partial charge in [0.15, 0.2) is 0 Å². The van der Waals surface area contributed by atoms with E-state index in [4.69, 9.17) is 4.74 Å². The molecule has 2 unspecified atom stereocenters. The van der Waals surface area contributed by atoms with E-state index >= 15 is 0 Å². The molecule has 3 nitrogen and oxygen atoms in total. The number of nitrogens with one attached hydrogen (secondary N) is 1. The summed E-state index contributed by atoms with van der Waals surface area (Å²) < 4.78 is 5.71. The molecular weight excluding hydrogens is 200 g/mol. The fourth-order valence-corrected chi connectivity index (χ4v) is 2.44. The van der Waals surface area contributed by atoms with Crippen LogP contribution < -0.4 is 5.32 Å². The van der Waals surface area contributed by atoms with Crippen LogP contribution in [0.25, 0.3) is 0 Å². The lowest BCUT2D eigenvalue weighted by Gasteiger charge is -2.38. The van der Waals surface area contributed by atoms with Crippen molar-refractivity contribution in [1.29, 1.82) is 0 Å². The first-order valence-electron chi connectivity index (χ1n) is 6.88. The smallest absolute Gasteiger partial charge is 0.0674 e. The van der Waals surface area contributed by atoms with Crippen molar-refractivity contribution in [3.05, 3.63) is 0 Å². The number of ether oxygens (including phenoxy) is 1. The van der Waals surface area contributed by atoms with Gasteiger partial charge in [-0.25, -0.2) is 0 Å². The highest BCUT2D eigenvalue weighted by atomic mass is 16.5. The van der Waals surface area contributed by atoms with Crippen LogP contribution in [0.1, 0.15) is 39.5 Å². The lowest BCUT2D eigenvalue weighted by molar-refractivity contribution is -0.0558. The summed E-state index contributed by atoms with van der Waals surface area (Å²) in [5.74, 6) is 0. The Bertz CT molecular complexity index is 206. The predicted octanol–water partition coefficient (Wildman–Crippen LogP) is 1.63. The van der Waals surface area contributed by atoms with Gasteiger partial charge in [-0.05, 0) is 45.7 Å². The average Bonchev–Trinajstić information content (AvgIpc) is 3.08. The Morgan fingerprint density at radius 2 is 2.19 bits per heavy atom. The van der Waals surface area contributed by atoms with Crippen LogP contribution in [-0.2, 0) is 4.74 Å². The van der Waals surface area contributed by atoms with Gasteiger partial charge in [0, 0.05) is 18.6 Å². The molecule has 1 heterocycles. The third-order valence-corrected chi connectivity index (χ3v) is 3.68. The highest BCUT2D eigenvalue weighted by molar-refractivity contribution is 4.81. The molecule has 1 saturated heterocycles. The zero-order valence-electron chi connectivity index (χ0n) is 10.7. The summed E-state index contributed by atoms with van der Waals surface area (Å²) in [5.41, 5.74) is 0. The van der Waals surface area contributed by atoms with E-state index in [1.165, 1.54) is 38.8 Å². The maximum Gasteiger partial charge on any atom is 0.0674 e. The summed E-state index contributed by atoms with van der Waals surface area (Å²) in [6, 6.07) is 1.50. The quantitative estimate of drug-likeness (QED) is 0.697. The second-order valence-electron chi connectivity index (χ2n) is 5.28. The third kappa shape index (κ3) is 3.72. The molecule has 0 aromatic carbocycles. The summed E-state index contributed by atoms with van der Waals surface area (Å²) in [5, 5.41) is 3.58. The number of hydrogen-bond acceptors (Lipinski definition) is 3. The van der Waals surface area contributed by atoms with Gasteiger partial charge in [-0.1, -0.05) is 6.92 Å². The molecule has 2 aliphatic rings. The fraction of sp³-hybridized carbons (Fsp3) is 1.00. The lowest BCUT2D eigenvalue weighted by Crippen LogP contribution is -2.49. The zero-order chi connectivity index (χ0) is 11.4. The summed E-state index contributed by atoms with van der Waals surface area (Å²) in [6.07, 6.45) is 5.69.